The summed E-state index contributed by atoms with van der Waals surface area (Å²) in [4.78, 5) is 14.4. The molecule has 6 nitrogen and oxygen atoms in total. The van der Waals surface area contributed by atoms with Gasteiger partial charge in [0.25, 0.3) is 5.91 Å². The average molecular weight is 450 g/mol. The van der Waals surface area contributed by atoms with Gasteiger partial charge in [-0.3, -0.25) is 4.79 Å². The number of amides is 1. The molecule has 0 saturated heterocycles. The van der Waals surface area contributed by atoms with Crippen molar-refractivity contribution in [2.45, 2.75) is 26.7 Å². The molecule has 0 saturated carbocycles. The molecule has 1 aromatic heterocycles. The van der Waals surface area contributed by atoms with Crippen molar-refractivity contribution in [2.24, 2.45) is 0 Å². The van der Waals surface area contributed by atoms with E-state index in [4.69, 9.17) is 16.9 Å². The Morgan fingerprint density at radius 2 is 1.91 bits per heavy atom. The Kier molecular flexibility index (Phi) is 7.68. The van der Waals surface area contributed by atoms with E-state index in [0.717, 1.165) is 41.2 Å². The number of rotatable bonds is 8. The summed E-state index contributed by atoms with van der Waals surface area (Å²) in [6.45, 7) is 5.62. The van der Waals surface area contributed by atoms with Gasteiger partial charge in [0, 0.05) is 29.8 Å². The van der Waals surface area contributed by atoms with E-state index >= 15 is 0 Å². The number of nitrogens with zero attached hydrogens (tertiary/aromatic N) is 4. The van der Waals surface area contributed by atoms with E-state index in [1.165, 1.54) is 0 Å². The number of nitriles is 1. The first-order valence-electron chi connectivity index (χ1n) is 10.6. The molecule has 0 unspecified atom stereocenters. The maximum absolute atomic E-state index is 12.3. The summed E-state index contributed by atoms with van der Waals surface area (Å²) in [5.41, 5.74) is 6.12. The Bertz CT molecular complexity index is 1140. The summed E-state index contributed by atoms with van der Waals surface area (Å²) in [5, 5.41) is 17.1. The predicted octanol–water partition coefficient (Wildman–Crippen LogP) is 4.29. The molecule has 0 fully saturated rings. The number of hydrogen-bond donors (Lipinski definition) is 1. The van der Waals surface area contributed by atoms with Crippen molar-refractivity contribution >= 4 is 17.5 Å². The molecule has 0 bridgehead atoms. The van der Waals surface area contributed by atoms with E-state index in [-0.39, 0.29) is 5.91 Å². The summed E-state index contributed by atoms with van der Waals surface area (Å²) < 4.78 is 1.85. The normalized spacial score (nSPS) is 10.9. The number of benzene rings is 2. The van der Waals surface area contributed by atoms with Crippen LogP contribution in [0, 0.1) is 25.2 Å². The van der Waals surface area contributed by atoms with Crippen LogP contribution in [0.4, 0.5) is 0 Å². The lowest BCUT2D eigenvalue weighted by Gasteiger charge is -2.10. The fourth-order valence-electron chi connectivity index (χ4n) is 3.59. The van der Waals surface area contributed by atoms with E-state index in [0.29, 0.717) is 29.1 Å². The van der Waals surface area contributed by atoms with Crippen LogP contribution in [0.2, 0.25) is 5.02 Å². The van der Waals surface area contributed by atoms with Gasteiger partial charge in [-0.25, -0.2) is 4.68 Å². The van der Waals surface area contributed by atoms with Gasteiger partial charge in [0.2, 0.25) is 0 Å². The van der Waals surface area contributed by atoms with Gasteiger partial charge in [0.05, 0.1) is 22.0 Å². The van der Waals surface area contributed by atoms with Crippen molar-refractivity contribution in [3.05, 3.63) is 81.1 Å². The van der Waals surface area contributed by atoms with Crippen molar-refractivity contribution < 1.29 is 4.79 Å². The fourth-order valence-corrected chi connectivity index (χ4v) is 3.80. The van der Waals surface area contributed by atoms with E-state index in [1.54, 1.807) is 12.1 Å². The van der Waals surface area contributed by atoms with Gasteiger partial charge in [-0.15, -0.1) is 0 Å². The SMILES string of the molecule is Cc1nn(-c2ccc(C#N)c(Cl)c2)c(C)c1Cc1ccc(C(=O)NCCCN(C)C)cc1. The largest absolute Gasteiger partial charge is 0.352 e. The minimum atomic E-state index is -0.0480. The summed E-state index contributed by atoms with van der Waals surface area (Å²) in [7, 11) is 4.04. The minimum absolute atomic E-state index is 0.0480. The fraction of sp³-hybridized carbons (Fsp3) is 0.320. The van der Waals surface area contributed by atoms with Crippen LogP contribution < -0.4 is 5.32 Å². The molecule has 2 aromatic carbocycles. The zero-order valence-corrected chi connectivity index (χ0v) is 19.7. The summed E-state index contributed by atoms with van der Waals surface area (Å²) in [6.07, 6.45) is 1.64. The first kappa shape index (κ1) is 23.5. The minimum Gasteiger partial charge on any atom is -0.352 e. The van der Waals surface area contributed by atoms with Crippen LogP contribution >= 0.6 is 11.6 Å². The Hall–Kier alpha value is -3.14. The third-order valence-corrected chi connectivity index (χ3v) is 5.74. The highest BCUT2D eigenvalue weighted by Crippen LogP contribution is 2.24. The van der Waals surface area contributed by atoms with Gasteiger partial charge in [-0.1, -0.05) is 23.7 Å². The highest BCUT2D eigenvalue weighted by molar-refractivity contribution is 6.31. The number of aryl methyl sites for hydroxylation is 1. The Labute approximate surface area is 194 Å². The van der Waals surface area contributed by atoms with E-state index in [1.807, 2.05) is 63.0 Å². The molecule has 0 radical (unpaired) electrons. The summed E-state index contributed by atoms with van der Waals surface area (Å²) in [5.74, 6) is -0.0480. The highest BCUT2D eigenvalue weighted by atomic mass is 35.5. The lowest BCUT2D eigenvalue weighted by molar-refractivity contribution is 0.0952. The van der Waals surface area contributed by atoms with Crippen LogP contribution in [-0.2, 0) is 6.42 Å². The number of hydrogen-bond acceptors (Lipinski definition) is 4. The molecule has 0 atom stereocenters. The maximum Gasteiger partial charge on any atom is 0.251 e. The van der Waals surface area contributed by atoms with Crippen molar-refractivity contribution in [1.29, 1.82) is 5.26 Å². The van der Waals surface area contributed by atoms with Crippen LogP contribution in [0.3, 0.4) is 0 Å². The molecule has 7 heteroatoms. The number of carbonyl (C=O) groups excluding carboxylic acids is 1. The molecule has 0 spiro atoms. The van der Waals surface area contributed by atoms with Crippen LogP contribution in [0.1, 0.15) is 44.9 Å². The number of halogens is 1. The third kappa shape index (κ3) is 5.56. The standard InChI is InChI=1S/C25H28ClN5O/c1-17-23(18(2)31(29-17)22-11-10-21(16-27)24(26)15-22)14-19-6-8-20(9-7-19)25(32)28-12-5-13-30(3)4/h6-11,15H,5,12-14H2,1-4H3,(H,28,32). The van der Waals surface area contributed by atoms with Gasteiger partial charge in [-0.2, -0.15) is 10.4 Å². The molecule has 0 aliphatic carbocycles. The van der Waals surface area contributed by atoms with Gasteiger partial charge in [0.1, 0.15) is 6.07 Å². The van der Waals surface area contributed by atoms with Crippen molar-refractivity contribution in [3.8, 4) is 11.8 Å². The second-order valence-corrected chi connectivity index (χ2v) is 8.53. The van der Waals surface area contributed by atoms with Crippen LogP contribution in [0.25, 0.3) is 5.69 Å². The molecular formula is C25H28ClN5O. The molecule has 32 heavy (non-hydrogen) atoms. The zero-order valence-electron chi connectivity index (χ0n) is 18.9. The van der Waals surface area contributed by atoms with E-state index < -0.39 is 0 Å². The van der Waals surface area contributed by atoms with Crippen LogP contribution in [0.5, 0.6) is 0 Å². The smallest absolute Gasteiger partial charge is 0.251 e. The van der Waals surface area contributed by atoms with Gasteiger partial charge in [-0.05, 0) is 76.8 Å². The monoisotopic (exact) mass is 449 g/mol. The summed E-state index contributed by atoms with van der Waals surface area (Å²) in [6, 6.07) is 15.1. The van der Waals surface area contributed by atoms with E-state index in [2.05, 4.69) is 21.4 Å². The Balaban J connectivity index is 1.71. The van der Waals surface area contributed by atoms with Gasteiger partial charge in [0.15, 0.2) is 0 Å². The number of carbonyl (C=O) groups is 1. The molecule has 1 amide bonds. The average Bonchev–Trinajstić information content (AvgIpc) is 3.05. The third-order valence-electron chi connectivity index (χ3n) is 5.42. The second-order valence-electron chi connectivity index (χ2n) is 8.12. The second kappa shape index (κ2) is 10.4. The van der Waals surface area contributed by atoms with Crippen LogP contribution in [-0.4, -0.2) is 47.8 Å². The van der Waals surface area contributed by atoms with E-state index in [9.17, 15) is 4.79 Å². The Morgan fingerprint density at radius 1 is 1.19 bits per heavy atom. The first-order valence-corrected chi connectivity index (χ1v) is 10.9. The van der Waals surface area contributed by atoms with Crippen molar-refractivity contribution in [3.63, 3.8) is 0 Å². The lowest BCUT2D eigenvalue weighted by atomic mass is 10.0. The molecule has 3 aromatic rings. The van der Waals surface area contributed by atoms with Crippen molar-refractivity contribution in [2.75, 3.05) is 27.2 Å². The quantitative estimate of drug-likeness (QED) is 0.521. The van der Waals surface area contributed by atoms with Gasteiger partial charge >= 0.3 is 0 Å². The molecule has 1 heterocycles. The predicted molar refractivity (Wildman–Crippen MR) is 128 cm³/mol. The maximum atomic E-state index is 12.3. The van der Waals surface area contributed by atoms with Crippen molar-refractivity contribution in [1.82, 2.24) is 20.0 Å². The number of aromatic nitrogens is 2. The molecule has 166 valence electrons. The molecule has 0 aliphatic heterocycles. The highest BCUT2D eigenvalue weighted by Gasteiger charge is 2.15. The molecule has 3 rings (SSSR count). The first-order chi connectivity index (χ1) is 15.3. The molecular weight excluding hydrogens is 422 g/mol. The van der Waals surface area contributed by atoms with Crippen LogP contribution in [0.15, 0.2) is 42.5 Å². The van der Waals surface area contributed by atoms with Gasteiger partial charge < -0.3 is 10.2 Å². The molecule has 1 N–H and O–H groups in total. The topological polar surface area (TPSA) is 73.9 Å². The zero-order chi connectivity index (χ0) is 23.3. The lowest BCUT2D eigenvalue weighted by Crippen LogP contribution is -2.27. The number of nitrogens with one attached hydrogen (secondary N) is 1. The Morgan fingerprint density at radius 3 is 2.53 bits per heavy atom. The summed E-state index contributed by atoms with van der Waals surface area (Å²) >= 11 is 6.20. The molecule has 0 aliphatic rings.